The number of carbonyl (C=O) groups excluding carboxylic acids is 1. The van der Waals surface area contributed by atoms with E-state index in [-0.39, 0.29) is 11.6 Å². The van der Waals surface area contributed by atoms with Crippen molar-refractivity contribution in [1.29, 1.82) is 0 Å². The highest BCUT2D eigenvalue weighted by molar-refractivity contribution is 5.97. The van der Waals surface area contributed by atoms with E-state index in [1.165, 1.54) is 12.1 Å². The summed E-state index contributed by atoms with van der Waals surface area (Å²) in [4.78, 5) is 16.8. The Balaban J connectivity index is 1.53. The van der Waals surface area contributed by atoms with E-state index in [0.717, 1.165) is 45.8 Å². The van der Waals surface area contributed by atoms with E-state index >= 15 is 0 Å². The van der Waals surface area contributed by atoms with Crippen LogP contribution in [0, 0.1) is 5.82 Å². The van der Waals surface area contributed by atoms with Crippen LogP contribution in [-0.4, -0.2) is 67.6 Å². The first-order chi connectivity index (χ1) is 10.2. The van der Waals surface area contributed by atoms with Gasteiger partial charge in [0.1, 0.15) is 5.82 Å². The molecule has 114 valence electrons. The summed E-state index contributed by atoms with van der Waals surface area (Å²) in [5.41, 5.74) is 0.463. The lowest BCUT2D eigenvalue weighted by Crippen LogP contribution is -2.45. The van der Waals surface area contributed by atoms with Crippen molar-refractivity contribution >= 4 is 5.78 Å². The Labute approximate surface area is 124 Å². The SMILES string of the molecule is O=C(CN1CCC(N2CCOCC2)C1)c1cccc(F)c1. The molecule has 0 spiro atoms. The number of nitrogens with zero attached hydrogens (tertiary/aromatic N) is 2. The number of rotatable bonds is 4. The predicted octanol–water partition coefficient (Wildman–Crippen LogP) is 1.41. The van der Waals surface area contributed by atoms with Gasteiger partial charge in [0.25, 0.3) is 0 Å². The van der Waals surface area contributed by atoms with Crippen molar-refractivity contribution in [2.45, 2.75) is 12.5 Å². The number of ether oxygens (including phenoxy) is 1. The van der Waals surface area contributed by atoms with Crippen molar-refractivity contribution in [2.75, 3.05) is 45.9 Å². The molecule has 2 fully saturated rings. The number of likely N-dealkylation sites (tertiary alicyclic amines) is 1. The van der Waals surface area contributed by atoms with Crippen molar-refractivity contribution in [1.82, 2.24) is 9.80 Å². The van der Waals surface area contributed by atoms with Gasteiger partial charge in [-0.1, -0.05) is 12.1 Å². The third kappa shape index (κ3) is 3.67. The van der Waals surface area contributed by atoms with Gasteiger partial charge in [0.2, 0.25) is 0 Å². The summed E-state index contributed by atoms with van der Waals surface area (Å²) in [5, 5.41) is 0. The zero-order chi connectivity index (χ0) is 14.7. The number of hydrogen-bond acceptors (Lipinski definition) is 4. The maximum absolute atomic E-state index is 13.2. The Morgan fingerprint density at radius 2 is 2.10 bits per heavy atom. The van der Waals surface area contributed by atoms with Crippen molar-refractivity contribution in [3.63, 3.8) is 0 Å². The number of benzene rings is 1. The summed E-state index contributed by atoms with van der Waals surface area (Å²) < 4.78 is 18.5. The molecule has 0 amide bonds. The fraction of sp³-hybridized carbons (Fsp3) is 0.562. The van der Waals surface area contributed by atoms with Gasteiger partial charge in [-0.15, -0.1) is 0 Å². The van der Waals surface area contributed by atoms with Crippen molar-refractivity contribution in [3.8, 4) is 0 Å². The van der Waals surface area contributed by atoms with Crippen LogP contribution in [0.3, 0.4) is 0 Å². The van der Waals surface area contributed by atoms with E-state index in [1.54, 1.807) is 12.1 Å². The van der Waals surface area contributed by atoms with Crippen molar-refractivity contribution in [3.05, 3.63) is 35.6 Å². The highest BCUT2D eigenvalue weighted by atomic mass is 19.1. The van der Waals surface area contributed by atoms with Gasteiger partial charge in [-0.3, -0.25) is 14.6 Å². The van der Waals surface area contributed by atoms with Crippen LogP contribution in [0.15, 0.2) is 24.3 Å². The molecule has 0 radical (unpaired) electrons. The molecule has 1 unspecified atom stereocenters. The summed E-state index contributed by atoms with van der Waals surface area (Å²) in [6, 6.07) is 6.47. The summed E-state index contributed by atoms with van der Waals surface area (Å²) in [7, 11) is 0. The van der Waals surface area contributed by atoms with Crippen LogP contribution in [0.5, 0.6) is 0 Å². The summed E-state index contributed by atoms with van der Waals surface area (Å²) in [6.45, 7) is 5.80. The lowest BCUT2D eigenvalue weighted by Gasteiger charge is -2.32. The molecule has 3 rings (SSSR count). The largest absolute Gasteiger partial charge is 0.379 e. The highest BCUT2D eigenvalue weighted by Gasteiger charge is 2.29. The Kier molecular flexibility index (Phi) is 4.63. The quantitative estimate of drug-likeness (QED) is 0.786. The molecular weight excluding hydrogens is 271 g/mol. The van der Waals surface area contributed by atoms with Crippen LogP contribution in [0.25, 0.3) is 0 Å². The first-order valence-electron chi connectivity index (χ1n) is 7.55. The Morgan fingerprint density at radius 3 is 2.86 bits per heavy atom. The minimum Gasteiger partial charge on any atom is -0.379 e. The van der Waals surface area contributed by atoms with E-state index < -0.39 is 0 Å². The maximum atomic E-state index is 13.2. The van der Waals surface area contributed by atoms with E-state index in [4.69, 9.17) is 4.74 Å². The molecule has 21 heavy (non-hydrogen) atoms. The first kappa shape index (κ1) is 14.6. The molecule has 2 saturated heterocycles. The molecule has 0 aliphatic carbocycles. The number of hydrogen-bond donors (Lipinski definition) is 0. The second kappa shape index (κ2) is 6.64. The van der Waals surface area contributed by atoms with Gasteiger partial charge in [-0.2, -0.15) is 0 Å². The molecule has 1 aromatic rings. The number of carbonyl (C=O) groups is 1. The zero-order valence-electron chi connectivity index (χ0n) is 12.1. The number of Topliss-reactive ketones (excluding diaryl/α,β-unsaturated/α-hetero) is 1. The van der Waals surface area contributed by atoms with Crippen molar-refractivity contribution in [2.24, 2.45) is 0 Å². The standard InChI is InChI=1S/C16H21FN2O2/c17-14-3-1-2-13(10-14)16(20)12-18-5-4-15(11-18)19-6-8-21-9-7-19/h1-3,10,15H,4-9,11-12H2. The average molecular weight is 292 g/mol. The molecule has 1 aromatic carbocycles. The van der Waals surface area contributed by atoms with Crippen LogP contribution in [-0.2, 0) is 4.74 Å². The minimum atomic E-state index is -0.353. The molecule has 2 heterocycles. The van der Waals surface area contributed by atoms with Crippen LogP contribution < -0.4 is 0 Å². The fourth-order valence-corrected chi connectivity index (χ4v) is 3.15. The monoisotopic (exact) mass is 292 g/mol. The predicted molar refractivity (Wildman–Crippen MR) is 78.0 cm³/mol. The first-order valence-corrected chi connectivity index (χ1v) is 7.55. The van der Waals surface area contributed by atoms with Gasteiger partial charge in [0.15, 0.2) is 5.78 Å². The van der Waals surface area contributed by atoms with E-state index in [2.05, 4.69) is 9.80 Å². The van der Waals surface area contributed by atoms with Gasteiger partial charge in [0, 0.05) is 37.8 Å². The van der Waals surface area contributed by atoms with Crippen LogP contribution in [0.2, 0.25) is 0 Å². The van der Waals surface area contributed by atoms with Gasteiger partial charge in [-0.25, -0.2) is 4.39 Å². The topological polar surface area (TPSA) is 32.8 Å². The molecule has 5 heteroatoms. The fourth-order valence-electron chi connectivity index (χ4n) is 3.15. The van der Waals surface area contributed by atoms with Crippen LogP contribution in [0.4, 0.5) is 4.39 Å². The summed E-state index contributed by atoms with van der Waals surface area (Å²) in [5.74, 6) is -0.356. The van der Waals surface area contributed by atoms with Gasteiger partial charge >= 0.3 is 0 Å². The Bertz CT molecular complexity index is 503. The lowest BCUT2D eigenvalue weighted by atomic mass is 10.1. The summed E-state index contributed by atoms with van der Waals surface area (Å²) in [6.07, 6.45) is 1.09. The molecule has 2 aliphatic heterocycles. The third-order valence-corrected chi connectivity index (χ3v) is 4.32. The van der Waals surface area contributed by atoms with Crippen LogP contribution in [0.1, 0.15) is 16.8 Å². The van der Waals surface area contributed by atoms with E-state index in [0.29, 0.717) is 18.2 Å². The molecule has 1 atom stereocenters. The Morgan fingerprint density at radius 1 is 1.29 bits per heavy atom. The van der Waals surface area contributed by atoms with Gasteiger partial charge in [-0.05, 0) is 18.6 Å². The van der Waals surface area contributed by atoms with E-state index in [1.807, 2.05) is 0 Å². The average Bonchev–Trinajstić information content (AvgIpc) is 2.97. The molecular formula is C16H21FN2O2. The second-order valence-electron chi connectivity index (χ2n) is 5.76. The molecule has 0 bridgehead atoms. The maximum Gasteiger partial charge on any atom is 0.176 e. The number of halogens is 1. The number of ketones is 1. The lowest BCUT2D eigenvalue weighted by molar-refractivity contribution is 0.0185. The minimum absolute atomic E-state index is 0.00266. The molecule has 0 saturated carbocycles. The van der Waals surface area contributed by atoms with Crippen molar-refractivity contribution < 1.29 is 13.9 Å². The highest BCUT2D eigenvalue weighted by Crippen LogP contribution is 2.17. The zero-order valence-corrected chi connectivity index (χ0v) is 12.1. The van der Waals surface area contributed by atoms with Gasteiger partial charge < -0.3 is 4.74 Å². The molecule has 0 aromatic heterocycles. The smallest absolute Gasteiger partial charge is 0.176 e. The molecule has 0 N–H and O–H groups in total. The normalized spacial score (nSPS) is 24.3. The number of morpholine rings is 1. The Hall–Kier alpha value is -1.30. The second-order valence-corrected chi connectivity index (χ2v) is 5.76. The summed E-state index contributed by atoms with van der Waals surface area (Å²) >= 11 is 0. The van der Waals surface area contributed by atoms with Crippen LogP contribution >= 0.6 is 0 Å². The third-order valence-electron chi connectivity index (χ3n) is 4.32. The molecule has 4 nitrogen and oxygen atoms in total. The molecule has 2 aliphatic rings. The van der Waals surface area contributed by atoms with E-state index in [9.17, 15) is 9.18 Å². The van der Waals surface area contributed by atoms with Gasteiger partial charge in [0.05, 0.1) is 19.8 Å².